The number of rotatable bonds is 7. The smallest absolute Gasteiger partial charge is 0.416 e. The Bertz CT molecular complexity index is 1490. The van der Waals surface area contributed by atoms with Crippen molar-refractivity contribution in [2.75, 3.05) is 31.1 Å². The van der Waals surface area contributed by atoms with Crippen LogP contribution in [0.15, 0.2) is 83.3 Å². The number of benzene rings is 3. The van der Waals surface area contributed by atoms with Crippen molar-refractivity contribution in [2.24, 2.45) is 0 Å². The molecular formula is C33H34F3N3O3. The number of amides is 1. The minimum atomic E-state index is -4.33. The van der Waals surface area contributed by atoms with Crippen LogP contribution >= 0.6 is 0 Å². The normalized spacial score (nSPS) is 17.5. The SMILES string of the molecule is O=C(NC1CCN(Cc2ccccc2)CC1)c1cc2cc(OC3CCN(c4ccc(C(F)(F)F)cc4)CC3)ccc2o1. The van der Waals surface area contributed by atoms with E-state index in [2.05, 4.69) is 39.4 Å². The summed E-state index contributed by atoms with van der Waals surface area (Å²) in [5.74, 6) is 0.790. The van der Waals surface area contributed by atoms with E-state index in [1.165, 1.54) is 17.7 Å². The molecule has 0 radical (unpaired) electrons. The van der Waals surface area contributed by atoms with E-state index in [0.29, 0.717) is 30.2 Å². The molecule has 3 heterocycles. The number of anilines is 1. The molecule has 6 nitrogen and oxygen atoms in total. The first-order valence-corrected chi connectivity index (χ1v) is 14.5. The van der Waals surface area contributed by atoms with E-state index in [1.807, 2.05) is 24.3 Å². The number of alkyl halides is 3. The lowest BCUT2D eigenvalue weighted by molar-refractivity contribution is -0.137. The highest BCUT2D eigenvalue weighted by atomic mass is 19.4. The first kappa shape index (κ1) is 28.2. The zero-order chi connectivity index (χ0) is 29.1. The number of ether oxygens (including phenoxy) is 1. The molecular weight excluding hydrogens is 543 g/mol. The average molecular weight is 578 g/mol. The van der Waals surface area contributed by atoms with E-state index in [-0.39, 0.29) is 18.1 Å². The summed E-state index contributed by atoms with van der Waals surface area (Å²) in [4.78, 5) is 17.5. The summed E-state index contributed by atoms with van der Waals surface area (Å²) in [7, 11) is 0. The molecule has 3 aromatic carbocycles. The van der Waals surface area contributed by atoms with E-state index < -0.39 is 11.7 Å². The highest BCUT2D eigenvalue weighted by Crippen LogP contribution is 2.32. The third kappa shape index (κ3) is 6.73. The standard InChI is InChI=1S/C33H34F3N3O3/c34-33(35,36)25-6-8-27(9-7-25)39-18-14-28(15-19-39)41-29-10-11-30-24(20-29)21-31(42-30)32(40)37-26-12-16-38(17-13-26)22-23-4-2-1-3-5-23/h1-11,20-21,26,28H,12-19,22H2,(H,37,40). The van der Waals surface area contributed by atoms with Gasteiger partial charge in [-0.1, -0.05) is 30.3 Å². The Hall–Kier alpha value is -3.98. The van der Waals surface area contributed by atoms with Crippen molar-refractivity contribution in [3.63, 3.8) is 0 Å². The highest BCUT2D eigenvalue weighted by Gasteiger charge is 2.30. The Morgan fingerprint density at radius 2 is 1.60 bits per heavy atom. The highest BCUT2D eigenvalue weighted by molar-refractivity contribution is 5.96. The second-order valence-electron chi connectivity index (χ2n) is 11.2. The van der Waals surface area contributed by atoms with Crippen LogP contribution in [0.4, 0.5) is 18.9 Å². The Morgan fingerprint density at radius 3 is 2.29 bits per heavy atom. The second-order valence-corrected chi connectivity index (χ2v) is 11.2. The maximum absolute atomic E-state index is 13.0. The number of furan rings is 1. The van der Waals surface area contributed by atoms with Gasteiger partial charge in [-0.15, -0.1) is 0 Å². The van der Waals surface area contributed by atoms with Crippen LogP contribution in [0.1, 0.15) is 47.4 Å². The number of hydrogen-bond acceptors (Lipinski definition) is 5. The molecule has 0 spiro atoms. The van der Waals surface area contributed by atoms with Gasteiger partial charge in [-0.3, -0.25) is 9.69 Å². The zero-order valence-electron chi connectivity index (χ0n) is 23.3. The van der Waals surface area contributed by atoms with Crippen LogP contribution in [-0.2, 0) is 12.7 Å². The van der Waals surface area contributed by atoms with E-state index in [4.69, 9.17) is 9.15 Å². The molecule has 0 unspecified atom stereocenters. The van der Waals surface area contributed by atoms with Crippen LogP contribution < -0.4 is 15.0 Å². The molecule has 1 aromatic heterocycles. The predicted molar refractivity (Wildman–Crippen MR) is 156 cm³/mol. The Morgan fingerprint density at radius 1 is 0.881 bits per heavy atom. The monoisotopic (exact) mass is 577 g/mol. The molecule has 2 aliphatic rings. The lowest BCUT2D eigenvalue weighted by Gasteiger charge is -2.33. The number of nitrogens with zero attached hydrogens (tertiary/aromatic N) is 2. The van der Waals surface area contributed by atoms with Crippen molar-refractivity contribution < 1.29 is 27.1 Å². The molecule has 9 heteroatoms. The largest absolute Gasteiger partial charge is 0.490 e. The third-order valence-electron chi connectivity index (χ3n) is 8.19. The van der Waals surface area contributed by atoms with Crippen LogP contribution in [0, 0.1) is 0 Å². The molecule has 1 N–H and O–H groups in total. The molecule has 2 aliphatic heterocycles. The fraction of sp³-hybridized carbons (Fsp3) is 0.364. The summed E-state index contributed by atoms with van der Waals surface area (Å²) >= 11 is 0. The molecule has 2 saturated heterocycles. The van der Waals surface area contributed by atoms with Gasteiger partial charge in [0.25, 0.3) is 5.91 Å². The summed E-state index contributed by atoms with van der Waals surface area (Å²) in [6, 6.07) is 23.2. The number of hydrogen-bond donors (Lipinski definition) is 1. The number of likely N-dealkylation sites (tertiary alicyclic amines) is 1. The lowest BCUT2D eigenvalue weighted by atomic mass is 10.0. The molecule has 6 rings (SSSR count). The topological polar surface area (TPSA) is 58.0 Å². The summed E-state index contributed by atoms with van der Waals surface area (Å²) in [6.07, 6.45) is -1.04. The first-order valence-electron chi connectivity index (χ1n) is 14.5. The maximum atomic E-state index is 13.0. The summed E-state index contributed by atoms with van der Waals surface area (Å²) < 4.78 is 50.7. The van der Waals surface area contributed by atoms with E-state index in [9.17, 15) is 18.0 Å². The Kier molecular flexibility index (Phi) is 8.11. The van der Waals surface area contributed by atoms with Crippen molar-refractivity contribution in [2.45, 2.75) is 50.6 Å². The minimum absolute atomic E-state index is 0.00410. The van der Waals surface area contributed by atoms with Gasteiger partial charge in [0, 0.05) is 62.7 Å². The first-order chi connectivity index (χ1) is 20.3. The van der Waals surface area contributed by atoms with Crippen LogP contribution in [0.2, 0.25) is 0 Å². The van der Waals surface area contributed by atoms with Gasteiger partial charge in [0.15, 0.2) is 5.76 Å². The fourth-order valence-corrected chi connectivity index (χ4v) is 5.83. The molecule has 0 aliphatic carbocycles. The lowest BCUT2D eigenvalue weighted by Crippen LogP contribution is -2.44. The number of halogens is 3. The van der Waals surface area contributed by atoms with E-state index >= 15 is 0 Å². The quantitative estimate of drug-likeness (QED) is 0.259. The Labute approximate surface area is 243 Å². The van der Waals surface area contributed by atoms with Gasteiger partial charge < -0.3 is 19.4 Å². The predicted octanol–water partition coefficient (Wildman–Crippen LogP) is 6.89. The zero-order valence-corrected chi connectivity index (χ0v) is 23.3. The Balaban J connectivity index is 0.989. The van der Waals surface area contributed by atoms with Gasteiger partial charge in [0.1, 0.15) is 17.4 Å². The molecule has 0 saturated carbocycles. The minimum Gasteiger partial charge on any atom is -0.490 e. The maximum Gasteiger partial charge on any atom is 0.416 e. The van der Waals surface area contributed by atoms with Crippen LogP contribution in [0.5, 0.6) is 5.75 Å². The molecule has 0 bridgehead atoms. The van der Waals surface area contributed by atoms with Crippen LogP contribution in [-0.4, -0.2) is 49.1 Å². The van der Waals surface area contributed by atoms with E-state index in [0.717, 1.165) is 68.5 Å². The fourth-order valence-electron chi connectivity index (χ4n) is 5.83. The van der Waals surface area contributed by atoms with Crippen molar-refractivity contribution in [3.8, 4) is 5.75 Å². The summed E-state index contributed by atoms with van der Waals surface area (Å²) in [5, 5.41) is 3.94. The molecule has 1 amide bonds. The van der Waals surface area contributed by atoms with Crippen molar-refractivity contribution in [1.82, 2.24) is 10.2 Å². The molecule has 4 aromatic rings. The number of carbonyl (C=O) groups excluding carboxylic acids is 1. The van der Waals surface area contributed by atoms with Gasteiger partial charge in [-0.25, -0.2) is 0 Å². The van der Waals surface area contributed by atoms with Crippen LogP contribution in [0.25, 0.3) is 11.0 Å². The van der Waals surface area contributed by atoms with E-state index in [1.54, 1.807) is 6.07 Å². The summed E-state index contributed by atoms with van der Waals surface area (Å²) in [6.45, 7) is 4.18. The van der Waals surface area contributed by atoms with Crippen molar-refractivity contribution >= 4 is 22.6 Å². The molecule has 0 atom stereocenters. The average Bonchev–Trinajstić information content (AvgIpc) is 3.43. The van der Waals surface area contributed by atoms with Gasteiger partial charge in [-0.2, -0.15) is 13.2 Å². The van der Waals surface area contributed by atoms with Gasteiger partial charge in [-0.05, 0) is 66.9 Å². The van der Waals surface area contributed by atoms with Crippen LogP contribution in [0.3, 0.4) is 0 Å². The molecule has 220 valence electrons. The summed E-state index contributed by atoms with van der Waals surface area (Å²) in [5.41, 5.74) is 2.07. The number of carbonyl (C=O) groups is 1. The second kappa shape index (κ2) is 12.1. The van der Waals surface area contributed by atoms with Gasteiger partial charge in [0.2, 0.25) is 0 Å². The molecule has 42 heavy (non-hydrogen) atoms. The number of nitrogens with one attached hydrogen (secondary N) is 1. The van der Waals surface area contributed by atoms with Gasteiger partial charge in [0.05, 0.1) is 5.56 Å². The van der Waals surface area contributed by atoms with Crippen molar-refractivity contribution in [3.05, 3.63) is 95.7 Å². The number of fused-ring (bicyclic) bond motifs is 1. The third-order valence-corrected chi connectivity index (χ3v) is 8.19. The van der Waals surface area contributed by atoms with Gasteiger partial charge >= 0.3 is 6.18 Å². The van der Waals surface area contributed by atoms with Crippen molar-refractivity contribution in [1.29, 1.82) is 0 Å². The number of piperidine rings is 2. The molecule has 2 fully saturated rings.